The van der Waals surface area contributed by atoms with E-state index in [1.54, 1.807) is 24.4 Å². The molecule has 0 atom stereocenters. The van der Waals surface area contributed by atoms with Gasteiger partial charge in [-0.1, -0.05) is 18.8 Å². The Morgan fingerprint density at radius 1 is 1.37 bits per heavy atom. The second-order valence-electron chi connectivity index (χ2n) is 5.59. The molecule has 7 heteroatoms. The molecule has 0 aliphatic carbocycles. The van der Waals surface area contributed by atoms with Gasteiger partial charge < -0.3 is 10.5 Å². The number of allylic oxidation sites excluding steroid dienone is 1. The van der Waals surface area contributed by atoms with Gasteiger partial charge >= 0.3 is 6.18 Å². The first kappa shape index (κ1) is 22.2. The molecule has 0 heterocycles. The van der Waals surface area contributed by atoms with Crippen LogP contribution in [0.3, 0.4) is 0 Å². The normalized spacial score (nSPS) is 12.3. The van der Waals surface area contributed by atoms with Crippen LogP contribution in [0.4, 0.5) is 13.2 Å². The van der Waals surface area contributed by atoms with Crippen molar-refractivity contribution < 1.29 is 17.9 Å². The van der Waals surface area contributed by atoms with Gasteiger partial charge in [0.15, 0.2) is 0 Å². The number of alkyl halides is 3. The lowest BCUT2D eigenvalue weighted by Gasteiger charge is -2.07. The highest BCUT2D eigenvalue weighted by atomic mass is 19.4. The number of halogens is 3. The van der Waals surface area contributed by atoms with Crippen molar-refractivity contribution >= 4 is 11.9 Å². The Morgan fingerprint density at radius 2 is 2.11 bits per heavy atom. The monoisotopic (exact) mass is 377 g/mol. The molecule has 27 heavy (non-hydrogen) atoms. The molecule has 1 aromatic carbocycles. The van der Waals surface area contributed by atoms with Crippen LogP contribution in [0.5, 0.6) is 5.75 Å². The summed E-state index contributed by atoms with van der Waals surface area (Å²) >= 11 is 0. The van der Waals surface area contributed by atoms with Crippen molar-refractivity contribution in [2.24, 2.45) is 10.7 Å². The lowest BCUT2D eigenvalue weighted by atomic mass is 10.1. The first-order valence-corrected chi connectivity index (χ1v) is 8.28. The third-order valence-corrected chi connectivity index (χ3v) is 3.19. The number of hydrogen-bond donors (Lipinski definition) is 2. The molecular weight excluding hydrogens is 355 g/mol. The molecule has 4 nitrogen and oxygen atoms in total. The minimum absolute atomic E-state index is 0.284. The highest BCUT2D eigenvalue weighted by Crippen LogP contribution is 2.21. The van der Waals surface area contributed by atoms with Crippen molar-refractivity contribution in [1.82, 2.24) is 0 Å². The van der Waals surface area contributed by atoms with E-state index in [2.05, 4.69) is 16.8 Å². The largest absolute Gasteiger partial charge is 0.464 e. The summed E-state index contributed by atoms with van der Waals surface area (Å²) in [6.45, 7) is 4.21. The quantitative estimate of drug-likeness (QED) is 0.414. The van der Waals surface area contributed by atoms with Gasteiger partial charge in [0, 0.05) is 42.6 Å². The molecule has 1 rings (SSSR count). The van der Waals surface area contributed by atoms with Crippen LogP contribution in [0.25, 0.3) is 0 Å². The van der Waals surface area contributed by atoms with Gasteiger partial charge in [-0.25, -0.2) is 0 Å². The second-order valence-corrected chi connectivity index (χ2v) is 5.59. The van der Waals surface area contributed by atoms with Crippen LogP contribution < -0.4 is 10.5 Å². The molecule has 1 aromatic rings. The zero-order valence-corrected chi connectivity index (χ0v) is 15.2. The predicted octanol–water partition coefficient (Wildman–Crippen LogP) is 4.59. The van der Waals surface area contributed by atoms with Crippen molar-refractivity contribution in [3.05, 3.63) is 53.4 Å². The Bertz CT molecular complexity index is 797. The third kappa shape index (κ3) is 8.38. The van der Waals surface area contributed by atoms with Crippen LogP contribution >= 0.6 is 0 Å². The molecule has 0 unspecified atom stereocenters. The summed E-state index contributed by atoms with van der Waals surface area (Å²) in [5.41, 5.74) is 6.08. The van der Waals surface area contributed by atoms with Crippen LogP contribution in [0, 0.1) is 17.3 Å². The Balaban J connectivity index is 3.10. The molecule has 0 bridgehead atoms. The molecule has 0 aliphatic rings. The fourth-order valence-corrected chi connectivity index (χ4v) is 1.68. The maximum absolute atomic E-state index is 12.4. The zero-order valence-electron chi connectivity index (χ0n) is 15.2. The second kappa shape index (κ2) is 11.0. The van der Waals surface area contributed by atoms with Crippen LogP contribution in [-0.2, 0) is 0 Å². The predicted molar refractivity (Wildman–Crippen MR) is 102 cm³/mol. The summed E-state index contributed by atoms with van der Waals surface area (Å²) in [5, 5.41) is 6.93. The molecule has 0 radical (unpaired) electrons. The molecule has 0 fully saturated rings. The molecule has 0 saturated carbocycles. The van der Waals surface area contributed by atoms with Gasteiger partial charge in [-0.3, -0.25) is 10.4 Å². The van der Waals surface area contributed by atoms with Crippen LogP contribution in [0.2, 0.25) is 0 Å². The summed E-state index contributed by atoms with van der Waals surface area (Å²) in [6.07, 6.45) is 1.43. The van der Waals surface area contributed by atoms with E-state index in [1.165, 1.54) is 6.21 Å². The van der Waals surface area contributed by atoms with Crippen LogP contribution in [0.15, 0.2) is 47.3 Å². The maximum Gasteiger partial charge on any atom is 0.432 e. The van der Waals surface area contributed by atoms with E-state index >= 15 is 0 Å². The first-order chi connectivity index (χ1) is 12.8. The molecule has 144 valence electrons. The van der Waals surface area contributed by atoms with Gasteiger partial charge in [0.05, 0.1) is 6.26 Å². The molecular formula is C20H22F3N3O. The number of nitrogens with one attached hydrogen (secondary N) is 1. The number of benzene rings is 1. The lowest BCUT2D eigenvalue weighted by molar-refractivity contribution is -0.0584. The summed E-state index contributed by atoms with van der Waals surface area (Å²) in [6, 6.07) is 5.10. The number of nitrogens with zero attached hydrogens (tertiary/aromatic N) is 1. The summed E-state index contributed by atoms with van der Waals surface area (Å²) in [4.78, 5) is 4.13. The smallest absolute Gasteiger partial charge is 0.432 e. The average molecular weight is 377 g/mol. The topological polar surface area (TPSA) is 71.5 Å². The zero-order chi connectivity index (χ0) is 20.3. The van der Waals surface area contributed by atoms with Crippen LogP contribution in [-0.4, -0.2) is 24.6 Å². The molecule has 0 amide bonds. The van der Waals surface area contributed by atoms with E-state index in [-0.39, 0.29) is 5.75 Å². The van der Waals surface area contributed by atoms with Gasteiger partial charge in [0.1, 0.15) is 11.5 Å². The van der Waals surface area contributed by atoms with Gasteiger partial charge in [-0.2, -0.15) is 13.2 Å². The molecule has 0 aromatic heterocycles. The molecule has 0 spiro atoms. The number of unbranched alkanes of at least 4 members (excludes halogenated alkanes) is 1. The summed E-state index contributed by atoms with van der Waals surface area (Å²) in [5.74, 6) is 6.25. The molecule has 0 aliphatic heterocycles. The fraction of sp³-hybridized carbons (Fsp3) is 0.300. The minimum atomic E-state index is -4.72. The van der Waals surface area contributed by atoms with Gasteiger partial charge in [0.25, 0.3) is 0 Å². The molecule has 3 N–H and O–H groups in total. The van der Waals surface area contributed by atoms with E-state index in [9.17, 15) is 13.2 Å². The van der Waals surface area contributed by atoms with Crippen LogP contribution in [0.1, 0.15) is 37.8 Å². The molecule has 0 saturated heterocycles. The van der Waals surface area contributed by atoms with Crippen molar-refractivity contribution in [2.45, 2.75) is 32.9 Å². The average Bonchev–Trinajstić information content (AvgIpc) is 2.62. The highest BCUT2D eigenvalue weighted by Gasteiger charge is 2.32. The van der Waals surface area contributed by atoms with E-state index in [0.29, 0.717) is 23.7 Å². The maximum atomic E-state index is 12.4. The van der Waals surface area contributed by atoms with E-state index in [4.69, 9.17) is 15.9 Å². The Kier molecular flexibility index (Phi) is 9.03. The standard InChI is InChI=1S/C20H22F3N3O/c1-3-4-5-6-16-7-8-17(14-26-13-15(2)12-24)18(11-16)27-10-9-19(25)20(21,22)23/h7-11,13-14,25H,3-4,12,24H2,1-2H3/b10-9+,15-13+,25-19?,26-14+. The van der Waals surface area contributed by atoms with Gasteiger partial charge in [-0.15, -0.1) is 0 Å². The summed E-state index contributed by atoms with van der Waals surface area (Å²) < 4.78 is 42.4. The third-order valence-electron chi connectivity index (χ3n) is 3.19. The number of nitrogens with two attached hydrogens (primary N) is 1. The number of rotatable bonds is 7. The SMILES string of the molecule is CCCC#Cc1ccc(/C=N/C=C(\C)CN)c(O/C=C/C(=N)C(F)(F)F)c1. The Hall–Kier alpha value is -2.85. The van der Waals surface area contributed by atoms with Gasteiger partial charge in [-0.05, 0) is 37.1 Å². The number of hydrogen-bond acceptors (Lipinski definition) is 4. The first-order valence-electron chi connectivity index (χ1n) is 8.28. The van der Waals surface area contributed by atoms with Crippen molar-refractivity contribution in [2.75, 3.05) is 6.54 Å². The summed E-state index contributed by atoms with van der Waals surface area (Å²) in [7, 11) is 0. The highest BCUT2D eigenvalue weighted by molar-refractivity contribution is 5.96. The number of ether oxygens (including phenoxy) is 1. The minimum Gasteiger partial charge on any atom is -0.464 e. The van der Waals surface area contributed by atoms with Crippen molar-refractivity contribution in [1.29, 1.82) is 5.41 Å². The number of aliphatic imine (C=N–C) groups is 1. The fourth-order valence-electron chi connectivity index (χ4n) is 1.68. The van der Waals surface area contributed by atoms with E-state index in [1.807, 2.05) is 13.8 Å². The Labute approximate surface area is 157 Å². The van der Waals surface area contributed by atoms with Gasteiger partial charge in [0.2, 0.25) is 0 Å². The lowest BCUT2D eigenvalue weighted by Crippen LogP contribution is -2.19. The Morgan fingerprint density at radius 3 is 2.74 bits per heavy atom. The van der Waals surface area contributed by atoms with Crippen molar-refractivity contribution in [3.63, 3.8) is 0 Å². The van der Waals surface area contributed by atoms with E-state index < -0.39 is 11.9 Å². The van der Waals surface area contributed by atoms with E-state index in [0.717, 1.165) is 24.7 Å². The van der Waals surface area contributed by atoms with Crippen molar-refractivity contribution in [3.8, 4) is 17.6 Å².